The first-order valence-corrected chi connectivity index (χ1v) is 7.30. The summed E-state index contributed by atoms with van der Waals surface area (Å²) < 4.78 is 61.6. The van der Waals surface area contributed by atoms with Gasteiger partial charge in [0, 0.05) is 12.1 Å². The van der Waals surface area contributed by atoms with E-state index in [-0.39, 0.29) is 20.5 Å². The van der Waals surface area contributed by atoms with Gasteiger partial charge in [-0.15, -0.1) is 0 Å². The van der Waals surface area contributed by atoms with Crippen molar-refractivity contribution in [3.8, 4) is 0 Å². The van der Waals surface area contributed by atoms with Gasteiger partial charge in [0.15, 0.2) is 5.78 Å². The van der Waals surface area contributed by atoms with Crippen molar-refractivity contribution in [1.82, 2.24) is 4.31 Å². The molecule has 0 aliphatic heterocycles. The van der Waals surface area contributed by atoms with Gasteiger partial charge in [-0.3, -0.25) is 4.79 Å². The van der Waals surface area contributed by atoms with Crippen molar-refractivity contribution in [2.75, 3.05) is 19.7 Å². The highest BCUT2D eigenvalue weighted by molar-refractivity contribution is 7.89. The summed E-state index contributed by atoms with van der Waals surface area (Å²) in [7, 11) is -4.40. The number of Topliss-reactive ketones (excluding diaryl/α,β-unsaturated/α-hetero) is 1. The summed E-state index contributed by atoms with van der Waals surface area (Å²) in [6.07, 6.45) is -4.72. The minimum atomic E-state index is -4.72. The zero-order valence-electron chi connectivity index (χ0n) is 11.1. The number of halogens is 3. The van der Waals surface area contributed by atoms with Gasteiger partial charge in [-0.1, -0.05) is 12.1 Å². The second-order valence-electron chi connectivity index (χ2n) is 4.26. The van der Waals surface area contributed by atoms with Crippen LogP contribution >= 0.6 is 0 Å². The van der Waals surface area contributed by atoms with E-state index in [0.717, 1.165) is 12.1 Å². The fourth-order valence-electron chi connectivity index (χ4n) is 1.61. The van der Waals surface area contributed by atoms with Gasteiger partial charge in [0.1, 0.15) is 6.54 Å². The Morgan fingerprint density at radius 1 is 1.24 bits per heavy atom. The van der Waals surface area contributed by atoms with E-state index >= 15 is 0 Å². The third kappa shape index (κ3) is 4.80. The second kappa shape index (κ2) is 6.54. The normalized spacial score (nSPS) is 12.7. The number of hydrogen-bond donors (Lipinski definition) is 1. The third-order valence-corrected chi connectivity index (χ3v) is 4.46. The minimum Gasteiger partial charge on any atom is -0.395 e. The topological polar surface area (TPSA) is 74.7 Å². The summed E-state index contributed by atoms with van der Waals surface area (Å²) in [6, 6.07) is 4.57. The Bertz CT molecular complexity index is 596. The monoisotopic (exact) mass is 325 g/mol. The molecule has 5 nitrogen and oxygen atoms in total. The van der Waals surface area contributed by atoms with Gasteiger partial charge in [0.2, 0.25) is 10.0 Å². The number of benzene rings is 1. The summed E-state index contributed by atoms with van der Waals surface area (Å²) in [5, 5.41) is 8.74. The van der Waals surface area contributed by atoms with Gasteiger partial charge in [-0.25, -0.2) is 8.42 Å². The van der Waals surface area contributed by atoms with Crippen LogP contribution in [0.15, 0.2) is 29.2 Å². The molecule has 0 amide bonds. The number of carbonyl (C=O) groups is 1. The van der Waals surface area contributed by atoms with Crippen molar-refractivity contribution in [1.29, 1.82) is 0 Å². The molecule has 1 aromatic carbocycles. The number of ketones is 1. The number of nitrogens with zero attached hydrogens (tertiary/aromatic N) is 1. The maximum absolute atomic E-state index is 12.4. The molecule has 0 radical (unpaired) electrons. The van der Waals surface area contributed by atoms with E-state index in [0.29, 0.717) is 0 Å². The van der Waals surface area contributed by atoms with Crippen molar-refractivity contribution in [3.05, 3.63) is 29.8 Å². The average Bonchev–Trinajstić information content (AvgIpc) is 2.36. The average molecular weight is 325 g/mol. The van der Waals surface area contributed by atoms with Crippen molar-refractivity contribution < 1.29 is 31.5 Å². The molecule has 1 rings (SSSR count). The van der Waals surface area contributed by atoms with E-state index in [1.54, 1.807) is 0 Å². The maximum atomic E-state index is 12.4. The minimum absolute atomic E-state index is 0.149. The molecule has 1 aromatic rings. The Morgan fingerprint density at radius 3 is 2.14 bits per heavy atom. The first kappa shape index (κ1) is 17.6. The molecule has 9 heteroatoms. The number of rotatable bonds is 6. The van der Waals surface area contributed by atoms with Crippen LogP contribution in [0.3, 0.4) is 0 Å². The number of hydrogen-bond acceptors (Lipinski definition) is 4. The van der Waals surface area contributed by atoms with Crippen molar-refractivity contribution in [2.24, 2.45) is 0 Å². The molecule has 0 heterocycles. The lowest BCUT2D eigenvalue weighted by Crippen LogP contribution is -2.40. The number of carbonyl (C=O) groups excluding carboxylic acids is 1. The van der Waals surface area contributed by atoms with Crippen LogP contribution in [0.4, 0.5) is 13.2 Å². The predicted molar refractivity (Wildman–Crippen MR) is 68.3 cm³/mol. The highest BCUT2D eigenvalue weighted by atomic mass is 32.2. The van der Waals surface area contributed by atoms with Crippen molar-refractivity contribution in [2.45, 2.75) is 18.0 Å². The van der Waals surface area contributed by atoms with Crippen LogP contribution in [0.1, 0.15) is 17.3 Å². The van der Waals surface area contributed by atoms with Crippen LogP contribution in [0.25, 0.3) is 0 Å². The lowest BCUT2D eigenvalue weighted by molar-refractivity contribution is -0.136. The Balaban J connectivity index is 3.13. The maximum Gasteiger partial charge on any atom is 0.402 e. The van der Waals surface area contributed by atoms with E-state index in [2.05, 4.69) is 0 Å². The fourth-order valence-corrected chi connectivity index (χ4v) is 3.02. The van der Waals surface area contributed by atoms with Gasteiger partial charge < -0.3 is 5.11 Å². The lowest BCUT2D eigenvalue weighted by Gasteiger charge is -2.22. The van der Waals surface area contributed by atoms with Crippen LogP contribution in [-0.4, -0.2) is 49.5 Å². The molecule has 0 aliphatic carbocycles. The molecule has 0 aromatic heterocycles. The van der Waals surface area contributed by atoms with Gasteiger partial charge in [0.05, 0.1) is 11.5 Å². The van der Waals surface area contributed by atoms with Crippen LogP contribution in [0, 0.1) is 0 Å². The standard InChI is InChI=1S/C12H14F3NO4S/c1-9(18)10-2-4-11(5-3-10)21(19,20)16(6-7-17)8-12(13,14)15/h2-5,17H,6-8H2,1H3. The van der Waals surface area contributed by atoms with E-state index in [9.17, 15) is 26.4 Å². The molecule has 21 heavy (non-hydrogen) atoms. The summed E-state index contributed by atoms with van der Waals surface area (Å²) in [5.41, 5.74) is 0.249. The number of aliphatic hydroxyl groups is 1. The quantitative estimate of drug-likeness (QED) is 0.803. The molecule has 0 atom stereocenters. The molecule has 0 fully saturated rings. The molecule has 0 saturated carbocycles. The lowest BCUT2D eigenvalue weighted by atomic mass is 10.2. The number of alkyl halides is 3. The summed E-state index contributed by atoms with van der Waals surface area (Å²) in [6.45, 7) is -1.81. The second-order valence-corrected chi connectivity index (χ2v) is 6.20. The van der Waals surface area contributed by atoms with Crippen LogP contribution in [-0.2, 0) is 10.0 Å². The van der Waals surface area contributed by atoms with E-state index < -0.39 is 35.9 Å². The number of sulfonamides is 1. The Kier molecular flexibility index (Phi) is 5.48. The Labute approximate surface area is 120 Å². The van der Waals surface area contributed by atoms with Crippen molar-refractivity contribution >= 4 is 15.8 Å². The molecule has 0 saturated heterocycles. The molecule has 1 N–H and O–H groups in total. The summed E-state index contributed by atoms with van der Waals surface area (Å²) in [5.74, 6) is -0.290. The highest BCUT2D eigenvalue weighted by Gasteiger charge is 2.36. The smallest absolute Gasteiger partial charge is 0.395 e. The van der Waals surface area contributed by atoms with Gasteiger partial charge in [0.25, 0.3) is 0 Å². The SMILES string of the molecule is CC(=O)c1ccc(S(=O)(=O)N(CCO)CC(F)(F)F)cc1. The van der Waals surface area contributed by atoms with E-state index in [1.807, 2.05) is 0 Å². The first-order valence-electron chi connectivity index (χ1n) is 5.86. The summed E-state index contributed by atoms with van der Waals surface area (Å²) >= 11 is 0. The predicted octanol–water partition coefficient (Wildman–Crippen LogP) is 1.43. The fraction of sp³-hybridized carbons (Fsp3) is 0.417. The van der Waals surface area contributed by atoms with Gasteiger partial charge in [-0.05, 0) is 19.1 Å². The molecular weight excluding hydrogens is 311 g/mol. The van der Waals surface area contributed by atoms with Crippen LogP contribution in [0.5, 0.6) is 0 Å². The molecule has 0 spiro atoms. The van der Waals surface area contributed by atoms with Crippen molar-refractivity contribution in [3.63, 3.8) is 0 Å². The Hall–Kier alpha value is -1.45. The van der Waals surface area contributed by atoms with E-state index in [1.165, 1.54) is 19.1 Å². The highest BCUT2D eigenvalue weighted by Crippen LogP contribution is 2.22. The van der Waals surface area contributed by atoms with E-state index in [4.69, 9.17) is 5.11 Å². The van der Waals surface area contributed by atoms with Gasteiger partial charge >= 0.3 is 6.18 Å². The van der Waals surface area contributed by atoms with Gasteiger partial charge in [-0.2, -0.15) is 17.5 Å². The summed E-state index contributed by atoms with van der Waals surface area (Å²) in [4.78, 5) is 10.7. The third-order valence-electron chi connectivity index (χ3n) is 2.60. The zero-order valence-corrected chi connectivity index (χ0v) is 11.9. The molecule has 0 aliphatic rings. The zero-order chi connectivity index (χ0) is 16.3. The van der Waals surface area contributed by atoms with Crippen LogP contribution in [0.2, 0.25) is 0 Å². The largest absolute Gasteiger partial charge is 0.402 e. The number of aliphatic hydroxyl groups excluding tert-OH is 1. The Morgan fingerprint density at radius 2 is 1.76 bits per heavy atom. The molecule has 0 unspecified atom stereocenters. The molecule has 0 bridgehead atoms. The first-order chi connectivity index (χ1) is 9.58. The molecule has 118 valence electrons. The van der Waals surface area contributed by atoms with Crippen LogP contribution < -0.4 is 0 Å². The molecular formula is C12H14F3NO4S.